The van der Waals surface area contributed by atoms with Crippen LogP contribution in [-0.2, 0) is 26.5 Å². The number of rotatable bonds is 6. The van der Waals surface area contributed by atoms with Gasteiger partial charge in [0.05, 0.1) is 11.5 Å². The maximum Gasteiger partial charge on any atom is 0.222 e. The summed E-state index contributed by atoms with van der Waals surface area (Å²) < 4.78 is 23.3. The van der Waals surface area contributed by atoms with Gasteiger partial charge in [-0.2, -0.15) is 0 Å². The fourth-order valence-corrected chi connectivity index (χ4v) is 5.15. The summed E-state index contributed by atoms with van der Waals surface area (Å²) in [5, 5.41) is 0. The zero-order valence-electron chi connectivity index (χ0n) is 15.9. The summed E-state index contributed by atoms with van der Waals surface area (Å²) in [6, 6.07) is 8.49. The van der Waals surface area contributed by atoms with Gasteiger partial charge in [-0.15, -0.1) is 0 Å². The Bertz CT molecular complexity index is 687. The Labute approximate surface area is 152 Å². The molecule has 0 aromatic heterocycles. The number of benzene rings is 1. The number of hydrogen-bond acceptors (Lipinski definition) is 3. The van der Waals surface area contributed by atoms with Gasteiger partial charge in [0.1, 0.15) is 0 Å². The molecule has 1 fully saturated rings. The Morgan fingerprint density at radius 3 is 2.32 bits per heavy atom. The summed E-state index contributed by atoms with van der Waals surface area (Å²) in [6.07, 6.45) is 2.72. The molecular formula is C20H31NO3S. The third-order valence-corrected chi connectivity index (χ3v) is 6.74. The predicted octanol–water partition coefficient (Wildman–Crippen LogP) is 3.34. The van der Waals surface area contributed by atoms with Crippen molar-refractivity contribution in [1.29, 1.82) is 0 Å². The van der Waals surface area contributed by atoms with Gasteiger partial charge in [-0.3, -0.25) is 4.79 Å². The summed E-state index contributed by atoms with van der Waals surface area (Å²) >= 11 is 0. The van der Waals surface area contributed by atoms with Crippen molar-refractivity contribution >= 4 is 15.7 Å². The van der Waals surface area contributed by atoms with Gasteiger partial charge in [0.25, 0.3) is 0 Å². The van der Waals surface area contributed by atoms with Gasteiger partial charge in [-0.05, 0) is 42.7 Å². The monoisotopic (exact) mass is 365 g/mol. The lowest BCUT2D eigenvalue weighted by Gasteiger charge is -2.27. The van der Waals surface area contributed by atoms with Crippen molar-refractivity contribution in [1.82, 2.24) is 4.90 Å². The summed E-state index contributed by atoms with van der Waals surface area (Å²) in [6.45, 7) is 9.10. The van der Waals surface area contributed by atoms with Crippen LogP contribution in [0.15, 0.2) is 24.3 Å². The number of nitrogens with zero attached hydrogens (tertiary/aromatic N) is 1. The summed E-state index contributed by atoms with van der Waals surface area (Å²) in [5.41, 5.74) is 2.71. The number of sulfone groups is 1. The van der Waals surface area contributed by atoms with Crippen LogP contribution in [0.1, 0.15) is 58.1 Å². The van der Waals surface area contributed by atoms with Crippen LogP contribution < -0.4 is 0 Å². The fourth-order valence-electron chi connectivity index (χ4n) is 3.42. The first-order valence-corrected chi connectivity index (χ1v) is 11.0. The highest BCUT2D eigenvalue weighted by Gasteiger charge is 2.33. The first-order valence-electron chi connectivity index (χ1n) is 9.21. The highest BCUT2D eigenvalue weighted by molar-refractivity contribution is 7.91. The van der Waals surface area contributed by atoms with Crippen molar-refractivity contribution in [3.05, 3.63) is 35.4 Å². The third kappa shape index (κ3) is 5.56. The predicted molar refractivity (Wildman–Crippen MR) is 103 cm³/mol. The lowest BCUT2D eigenvalue weighted by molar-refractivity contribution is -0.132. The molecule has 1 aromatic carbocycles. The molecule has 140 valence electrons. The van der Waals surface area contributed by atoms with E-state index >= 15 is 0 Å². The zero-order chi connectivity index (χ0) is 18.7. The average Bonchev–Trinajstić information content (AvgIpc) is 2.87. The maximum atomic E-state index is 12.5. The minimum absolute atomic E-state index is 0.0795. The van der Waals surface area contributed by atoms with Crippen LogP contribution in [0.25, 0.3) is 0 Å². The van der Waals surface area contributed by atoms with Crippen LogP contribution in [0.4, 0.5) is 0 Å². The van der Waals surface area contributed by atoms with Gasteiger partial charge in [-0.1, -0.05) is 45.0 Å². The van der Waals surface area contributed by atoms with E-state index in [0.717, 1.165) is 12.8 Å². The second-order valence-electron chi connectivity index (χ2n) is 8.04. The van der Waals surface area contributed by atoms with Crippen LogP contribution in [0.2, 0.25) is 0 Å². The largest absolute Gasteiger partial charge is 0.339 e. The van der Waals surface area contributed by atoms with Crippen molar-refractivity contribution in [2.24, 2.45) is 0 Å². The molecule has 0 aliphatic carbocycles. The van der Waals surface area contributed by atoms with Crippen molar-refractivity contribution in [3.63, 3.8) is 0 Å². The molecule has 4 nitrogen and oxygen atoms in total. The Morgan fingerprint density at radius 1 is 1.20 bits per heavy atom. The van der Waals surface area contributed by atoms with E-state index in [9.17, 15) is 13.2 Å². The first-order chi connectivity index (χ1) is 11.6. The van der Waals surface area contributed by atoms with E-state index in [0.29, 0.717) is 19.4 Å². The Hall–Kier alpha value is -1.36. The molecule has 1 aliphatic heterocycles. The molecule has 1 unspecified atom stereocenters. The molecule has 1 saturated heterocycles. The van der Waals surface area contributed by atoms with Crippen molar-refractivity contribution in [2.45, 2.75) is 64.8 Å². The van der Waals surface area contributed by atoms with Gasteiger partial charge in [0.2, 0.25) is 5.91 Å². The van der Waals surface area contributed by atoms with E-state index < -0.39 is 9.84 Å². The molecule has 1 amide bonds. The molecule has 1 aromatic rings. The van der Waals surface area contributed by atoms with Gasteiger partial charge < -0.3 is 4.90 Å². The van der Waals surface area contributed by atoms with Crippen molar-refractivity contribution in [3.8, 4) is 0 Å². The van der Waals surface area contributed by atoms with Gasteiger partial charge in [0.15, 0.2) is 9.84 Å². The van der Waals surface area contributed by atoms with Crippen LogP contribution in [0.5, 0.6) is 0 Å². The average molecular weight is 366 g/mol. The molecule has 25 heavy (non-hydrogen) atoms. The molecular weight excluding hydrogens is 334 g/mol. The lowest BCUT2D eigenvalue weighted by Crippen LogP contribution is -2.40. The number of carbonyl (C=O) groups excluding carboxylic acids is 1. The molecule has 0 saturated carbocycles. The Kier molecular flexibility index (Phi) is 6.30. The van der Waals surface area contributed by atoms with E-state index in [1.54, 1.807) is 4.90 Å². The first kappa shape index (κ1) is 20.0. The maximum absolute atomic E-state index is 12.5. The van der Waals surface area contributed by atoms with Crippen LogP contribution in [0, 0.1) is 0 Å². The van der Waals surface area contributed by atoms with E-state index in [4.69, 9.17) is 0 Å². The lowest BCUT2D eigenvalue weighted by atomic mass is 9.86. The summed E-state index contributed by atoms with van der Waals surface area (Å²) in [7, 11) is -2.96. The highest BCUT2D eigenvalue weighted by atomic mass is 32.2. The van der Waals surface area contributed by atoms with Crippen LogP contribution in [-0.4, -0.2) is 43.3 Å². The minimum Gasteiger partial charge on any atom is -0.339 e. The number of aryl methyl sites for hydroxylation is 1. The molecule has 1 atom stereocenters. The van der Waals surface area contributed by atoms with E-state index in [2.05, 4.69) is 45.0 Å². The molecule has 0 radical (unpaired) electrons. The second kappa shape index (κ2) is 7.90. The smallest absolute Gasteiger partial charge is 0.222 e. The number of amides is 1. The molecule has 1 heterocycles. The quantitative estimate of drug-likeness (QED) is 0.777. The third-order valence-electron chi connectivity index (χ3n) is 4.99. The highest BCUT2D eigenvalue weighted by Crippen LogP contribution is 2.23. The molecule has 5 heteroatoms. The molecule has 1 aliphatic rings. The summed E-state index contributed by atoms with van der Waals surface area (Å²) in [4.78, 5) is 14.2. The van der Waals surface area contributed by atoms with Gasteiger partial charge in [-0.25, -0.2) is 8.42 Å². The fraction of sp³-hybridized carbons (Fsp3) is 0.650. The van der Waals surface area contributed by atoms with Crippen LogP contribution >= 0.6 is 0 Å². The Morgan fingerprint density at radius 2 is 1.84 bits per heavy atom. The second-order valence-corrected chi connectivity index (χ2v) is 10.3. The standard InChI is InChI=1S/C20H31NO3S/c1-5-21(18-13-14-25(23,24)15-18)19(22)8-6-7-16-9-11-17(12-10-16)20(2,3)4/h9-12,18H,5-8,13-15H2,1-4H3. The normalized spacial score (nSPS) is 19.8. The topological polar surface area (TPSA) is 54.5 Å². The molecule has 0 bridgehead atoms. The molecule has 0 N–H and O–H groups in total. The molecule has 0 spiro atoms. The van der Waals surface area contributed by atoms with E-state index in [1.807, 2.05) is 6.92 Å². The number of hydrogen-bond donors (Lipinski definition) is 0. The van der Waals surface area contributed by atoms with Crippen molar-refractivity contribution in [2.75, 3.05) is 18.1 Å². The van der Waals surface area contributed by atoms with Crippen molar-refractivity contribution < 1.29 is 13.2 Å². The van der Waals surface area contributed by atoms with Gasteiger partial charge >= 0.3 is 0 Å². The SMILES string of the molecule is CCN(C(=O)CCCc1ccc(C(C)(C)C)cc1)C1CCS(=O)(=O)C1. The molecule has 2 rings (SSSR count). The van der Waals surface area contributed by atoms with Crippen LogP contribution in [0.3, 0.4) is 0 Å². The minimum atomic E-state index is -2.96. The van der Waals surface area contributed by atoms with Gasteiger partial charge in [0, 0.05) is 19.0 Å². The zero-order valence-corrected chi connectivity index (χ0v) is 16.7. The van der Waals surface area contributed by atoms with E-state index in [1.165, 1.54) is 11.1 Å². The van der Waals surface area contributed by atoms with E-state index in [-0.39, 0.29) is 28.9 Å². The Balaban J connectivity index is 1.85. The summed E-state index contributed by atoms with van der Waals surface area (Å²) in [5.74, 6) is 0.415. The number of carbonyl (C=O) groups is 1.